The van der Waals surface area contributed by atoms with Gasteiger partial charge in [-0.2, -0.15) is 25.9 Å². The summed E-state index contributed by atoms with van der Waals surface area (Å²) in [5, 5.41) is 10.6. The van der Waals surface area contributed by atoms with Crippen LogP contribution in [0.25, 0.3) is 0 Å². The van der Waals surface area contributed by atoms with E-state index < -0.39 is 41.7 Å². The van der Waals surface area contributed by atoms with E-state index in [4.69, 9.17) is 0 Å². The van der Waals surface area contributed by atoms with Crippen molar-refractivity contribution in [2.45, 2.75) is 57.2 Å². The van der Waals surface area contributed by atoms with Crippen molar-refractivity contribution in [1.29, 1.82) is 0 Å². The van der Waals surface area contributed by atoms with E-state index in [0.717, 1.165) is 36.0 Å². The lowest BCUT2D eigenvalue weighted by atomic mass is 9.55. The molecule has 5 atom stereocenters. The van der Waals surface area contributed by atoms with Crippen LogP contribution < -0.4 is 4.31 Å². The molecule has 3 aliphatic rings. The van der Waals surface area contributed by atoms with Gasteiger partial charge in [0.1, 0.15) is 13.2 Å². The summed E-state index contributed by atoms with van der Waals surface area (Å²) in [4.78, 5) is 12.4. The highest BCUT2D eigenvalue weighted by Gasteiger charge is 2.56. The van der Waals surface area contributed by atoms with E-state index in [-0.39, 0.29) is 33.2 Å². The van der Waals surface area contributed by atoms with Crippen molar-refractivity contribution >= 4 is 21.9 Å². The fourth-order valence-electron chi connectivity index (χ4n) is 6.40. The molecule has 0 aromatic heterocycles. The van der Waals surface area contributed by atoms with Crippen LogP contribution in [-0.4, -0.2) is 49.5 Å². The van der Waals surface area contributed by atoms with E-state index in [1.165, 1.54) is 12.1 Å². The first-order valence-corrected chi connectivity index (χ1v) is 12.6. The van der Waals surface area contributed by atoms with Crippen LogP contribution in [0.4, 0.5) is 18.9 Å². The topological polar surface area (TPSA) is 104 Å². The summed E-state index contributed by atoms with van der Waals surface area (Å²) in [5.41, 5.74) is 2.55. The summed E-state index contributed by atoms with van der Waals surface area (Å²) in [5.74, 6) is -0.666. The molecule has 34 heavy (non-hydrogen) atoms. The predicted molar refractivity (Wildman–Crippen MR) is 117 cm³/mol. The van der Waals surface area contributed by atoms with Crippen LogP contribution in [0.15, 0.2) is 30.4 Å². The van der Waals surface area contributed by atoms with Gasteiger partial charge >= 0.3 is 16.5 Å². The van der Waals surface area contributed by atoms with Crippen LogP contribution >= 0.6 is 0 Å². The highest BCUT2D eigenvalue weighted by atomic mass is 32.2. The molecular formula is C23H28F3NO6S. The van der Waals surface area contributed by atoms with Gasteiger partial charge in [0.25, 0.3) is 5.91 Å². The smallest absolute Gasteiger partial charge is 0.392 e. The van der Waals surface area contributed by atoms with E-state index in [2.05, 4.69) is 18.2 Å². The minimum Gasteiger partial charge on any atom is -0.392 e. The third kappa shape index (κ3) is 4.50. The molecule has 1 aromatic rings. The number of anilines is 1. The second-order valence-electron chi connectivity index (χ2n) is 9.84. The number of hydrogen-bond acceptors (Lipinski definition) is 5. The molecule has 0 bridgehead atoms. The average molecular weight is 504 g/mol. The number of aryl methyl sites for hydroxylation is 1. The number of aliphatic hydroxyl groups excluding tert-OH is 1. The molecule has 0 radical (unpaired) electrons. The molecule has 188 valence electrons. The van der Waals surface area contributed by atoms with Gasteiger partial charge in [0, 0.05) is 5.41 Å². The van der Waals surface area contributed by atoms with E-state index >= 15 is 0 Å². The van der Waals surface area contributed by atoms with Crippen molar-refractivity contribution in [3.63, 3.8) is 0 Å². The van der Waals surface area contributed by atoms with Crippen LogP contribution in [0.2, 0.25) is 0 Å². The molecule has 2 unspecified atom stereocenters. The number of alkyl halides is 3. The number of fused-ring (bicyclic) bond motifs is 5. The zero-order valence-electron chi connectivity index (χ0n) is 18.7. The number of halogens is 3. The van der Waals surface area contributed by atoms with Crippen molar-refractivity contribution < 1.29 is 40.8 Å². The van der Waals surface area contributed by atoms with Crippen molar-refractivity contribution in [3.05, 3.63) is 41.5 Å². The maximum atomic E-state index is 12.4. The predicted octanol–water partition coefficient (Wildman–Crippen LogP) is 3.78. The van der Waals surface area contributed by atoms with Crippen molar-refractivity contribution in [2.24, 2.45) is 17.3 Å². The summed E-state index contributed by atoms with van der Waals surface area (Å²) < 4.78 is 74.7. The first kappa shape index (κ1) is 25.2. The number of carbonyl (C=O) groups excluding carboxylic acids is 1. The highest BCUT2D eigenvalue weighted by molar-refractivity contribution is 7.88. The number of rotatable bonds is 5. The third-order valence-corrected chi connectivity index (χ3v) is 8.64. The Kier molecular flexibility index (Phi) is 6.37. The zero-order valence-corrected chi connectivity index (χ0v) is 19.5. The molecule has 0 spiro atoms. The molecule has 1 amide bonds. The Bertz CT molecular complexity index is 1100. The first-order valence-electron chi connectivity index (χ1n) is 11.2. The Balaban J connectivity index is 1.59. The molecule has 3 aliphatic carbocycles. The van der Waals surface area contributed by atoms with Crippen LogP contribution in [-0.2, 0) is 26.3 Å². The summed E-state index contributed by atoms with van der Waals surface area (Å²) in [6.45, 7) is 3.46. The maximum absolute atomic E-state index is 12.4. The van der Waals surface area contributed by atoms with Gasteiger partial charge in [0.15, 0.2) is 0 Å². The quantitative estimate of drug-likeness (QED) is 0.468. The molecular weight excluding hydrogens is 475 g/mol. The molecule has 11 heteroatoms. The lowest BCUT2D eigenvalue weighted by molar-refractivity contribution is -0.175. The standard InChI is InChI=1S/C23H28F3NO6S/c1-13-9-19(28)22(2)8-7-17-16-6-4-15(10-14(16)3-5-18(17)21(13)22)27(34(30,31)32)20(29)11-33-12-23(24,25)26/h4,6,10,17-19,21,28H,1,3,5,7-9,11-12H2,2H3,(H,30,31,32)/t17?,18?,19-,21-,22+/m0/s1. The normalized spacial score (nSPS) is 30.9. The Labute approximate surface area is 196 Å². The summed E-state index contributed by atoms with van der Waals surface area (Å²) >= 11 is 0. The molecule has 0 saturated heterocycles. The van der Waals surface area contributed by atoms with E-state index in [1.807, 2.05) is 0 Å². The van der Waals surface area contributed by atoms with Gasteiger partial charge in [-0.25, -0.2) is 0 Å². The summed E-state index contributed by atoms with van der Waals surface area (Å²) in [6, 6.07) is 4.59. The third-order valence-electron chi connectivity index (χ3n) is 7.76. The molecule has 2 fully saturated rings. The van der Waals surface area contributed by atoms with Crippen molar-refractivity contribution in [3.8, 4) is 0 Å². The van der Waals surface area contributed by atoms with E-state index in [1.54, 1.807) is 6.07 Å². The zero-order chi connectivity index (χ0) is 25.1. The van der Waals surface area contributed by atoms with Gasteiger partial charge in [-0.1, -0.05) is 25.1 Å². The second kappa shape index (κ2) is 8.61. The monoisotopic (exact) mass is 503 g/mol. The molecule has 1 aromatic carbocycles. The molecule has 0 aliphatic heterocycles. The average Bonchev–Trinajstić information content (AvgIpc) is 2.94. The van der Waals surface area contributed by atoms with Crippen LogP contribution in [0.5, 0.6) is 0 Å². The maximum Gasteiger partial charge on any atom is 0.411 e. The molecule has 2 saturated carbocycles. The Morgan fingerprint density at radius 3 is 2.68 bits per heavy atom. The van der Waals surface area contributed by atoms with E-state index in [9.17, 15) is 36.0 Å². The second-order valence-corrected chi connectivity index (χ2v) is 11.1. The number of nitrogens with zero attached hydrogens (tertiary/aromatic N) is 1. The summed E-state index contributed by atoms with van der Waals surface area (Å²) in [6.07, 6.45) is -1.43. The van der Waals surface area contributed by atoms with Gasteiger partial charge in [-0.15, -0.1) is 0 Å². The number of hydrogen-bond donors (Lipinski definition) is 2. The Morgan fingerprint density at radius 1 is 1.32 bits per heavy atom. The minimum absolute atomic E-state index is 0.0723. The molecule has 7 nitrogen and oxygen atoms in total. The SMILES string of the molecule is C=C1C[C@H](O)[C@@]2(C)CCC3c4ccc(N(C(=O)COCC(F)(F)F)S(=O)(=O)O)cc4CCC3[C@H]12. The van der Waals surface area contributed by atoms with Gasteiger partial charge in [0.05, 0.1) is 11.8 Å². The van der Waals surface area contributed by atoms with E-state index in [0.29, 0.717) is 12.8 Å². The minimum atomic E-state index is -5.08. The van der Waals surface area contributed by atoms with Crippen LogP contribution in [0.3, 0.4) is 0 Å². The number of carbonyl (C=O) groups is 1. The molecule has 0 heterocycles. The Hall–Kier alpha value is -1.95. The number of benzene rings is 1. The number of aliphatic hydroxyl groups is 1. The van der Waals surface area contributed by atoms with Gasteiger partial charge in [-0.05, 0) is 73.1 Å². The lowest BCUT2D eigenvalue weighted by Crippen LogP contribution is -2.44. The van der Waals surface area contributed by atoms with Crippen LogP contribution in [0.1, 0.15) is 49.7 Å². The summed E-state index contributed by atoms with van der Waals surface area (Å²) in [7, 11) is -5.08. The van der Waals surface area contributed by atoms with Gasteiger partial charge < -0.3 is 9.84 Å². The van der Waals surface area contributed by atoms with Crippen LogP contribution in [0, 0.1) is 17.3 Å². The van der Waals surface area contributed by atoms with Crippen molar-refractivity contribution in [1.82, 2.24) is 0 Å². The lowest BCUT2D eigenvalue weighted by Gasteiger charge is -2.50. The first-order chi connectivity index (χ1) is 15.7. The Morgan fingerprint density at radius 2 is 2.03 bits per heavy atom. The fraction of sp³-hybridized carbons (Fsp3) is 0.609. The fourth-order valence-corrected chi connectivity index (χ4v) is 7.09. The van der Waals surface area contributed by atoms with Gasteiger partial charge in [-0.3, -0.25) is 9.35 Å². The largest absolute Gasteiger partial charge is 0.411 e. The number of ether oxygens (including phenoxy) is 1. The highest BCUT2D eigenvalue weighted by Crippen LogP contribution is 2.62. The van der Waals surface area contributed by atoms with Crippen molar-refractivity contribution in [2.75, 3.05) is 17.5 Å². The molecule has 2 N–H and O–H groups in total. The van der Waals surface area contributed by atoms with Gasteiger partial charge in [0.2, 0.25) is 0 Å². The number of amides is 1. The molecule has 4 rings (SSSR count).